The number of hydrogen-bond donors (Lipinski definition) is 2. The average molecular weight is 118 g/mol. The van der Waals surface area contributed by atoms with E-state index in [1.165, 1.54) is 0 Å². The Bertz CT molecular complexity index is 79.7. The second-order valence-corrected chi connectivity index (χ2v) is 1.64. The molecule has 0 spiro atoms. The lowest BCUT2D eigenvalue weighted by Gasteiger charge is -1.99. The van der Waals surface area contributed by atoms with E-state index in [2.05, 4.69) is 0 Å². The van der Waals surface area contributed by atoms with Crippen molar-refractivity contribution in [2.75, 3.05) is 0 Å². The lowest BCUT2D eigenvalue weighted by atomic mass is 10.2. The molecule has 2 N–H and O–H groups in total. The summed E-state index contributed by atoms with van der Waals surface area (Å²) in [5.41, 5.74) is 0. The molecule has 0 amide bonds. The van der Waals surface area contributed by atoms with Crippen molar-refractivity contribution in [3.63, 3.8) is 0 Å². The fourth-order valence-corrected chi connectivity index (χ4v) is 0.397. The molecular weight excluding hydrogens is 108 g/mol. The molecule has 3 heteroatoms. The number of aliphatic hydroxyl groups is 1. The van der Waals surface area contributed by atoms with Crippen LogP contribution in [0.1, 0.15) is 19.8 Å². The Labute approximate surface area is 47.9 Å². The van der Waals surface area contributed by atoms with Crippen molar-refractivity contribution in [3.05, 3.63) is 0 Å². The van der Waals surface area contributed by atoms with Crippen molar-refractivity contribution in [1.29, 1.82) is 0 Å². The van der Waals surface area contributed by atoms with Gasteiger partial charge in [0.15, 0.2) is 6.10 Å². The Morgan fingerprint density at radius 2 is 2.25 bits per heavy atom. The molecule has 0 bridgehead atoms. The Morgan fingerprint density at radius 1 is 1.75 bits per heavy atom. The quantitative estimate of drug-likeness (QED) is 0.557. The van der Waals surface area contributed by atoms with Gasteiger partial charge < -0.3 is 10.2 Å². The van der Waals surface area contributed by atoms with Gasteiger partial charge in [-0.05, 0) is 6.42 Å². The molecule has 1 atom stereocenters. The standard InChI is InChI=1S/C5H10O3/c1-2-3-4(6)5(7)8/h4,6H,2-3H2,1H3,(H,7,8)/t4-/m1/s1. The molecule has 0 aromatic heterocycles. The number of aliphatic carboxylic acids is 1. The summed E-state index contributed by atoms with van der Waals surface area (Å²) in [6, 6.07) is 0. The summed E-state index contributed by atoms with van der Waals surface area (Å²) in [6.45, 7) is 1.83. The van der Waals surface area contributed by atoms with E-state index in [-0.39, 0.29) is 0 Å². The van der Waals surface area contributed by atoms with Crippen LogP contribution in [-0.4, -0.2) is 22.3 Å². The lowest BCUT2D eigenvalue weighted by molar-refractivity contribution is -0.146. The Morgan fingerprint density at radius 3 is 2.38 bits per heavy atom. The molecule has 0 aromatic carbocycles. The van der Waals surface area contributed by atoms with Crippen LogP contribution in [0.3, 0.4) is 0 Å². The zero-order valence-corrected chi connectivity index (χ0v) is 4.79. The van der Waals surface area contributed by atoms with Crippen molar-refractivity contribution in [1.82, 2.24) is 0 Å². The highest BCUT2D eigenvalue weighted by Crippen LogP contribution is 1.93. The van der Waals surface area contributed by atoms with Crippen LogP contribution in [0.2, 0.25) is 0 Å². The number of hydrogen-bond acceptors (Lipinski definition) is 2. The van der Waals surface area contributed by atoms with Gasteiger partial charge in [0.1, 0.15) is 0 Å². The van der Waals surface area contributed by atoms with Gasteiger partial charge in [-0.1, -0.05) is 13.3 Å². The molecule has 3 nitrogen and oxygen atoms in total. The molecule has 0 fully saturated rings. The molecule has 0 unspecified atom stereocenters. The first kappa shape index (κ1) is 7.43. The molecule has 0 saturated carbocycles. The van der Waals surface area contributed by atoms with Crippen molar-refractivity contribution >= 4 is 5.97 Å². The summed E-state index contributed by atoms with van der Waals surface area (Å²) in [5.74, 6) is -1.13. The van der Waals surface area contributed by atoms with Crippen LogP contribution in [0, 0.1) is 0 Å². The fraction of sp³-hybridized carbons (Fsp3) is 0.800. The summed E-state index contributed by atoms with van der Waals surface area (Å²) in [7, 11) is 0. The smallest absolute Gasteiger partial charge is 0.332 e. The molecule has 0 aliphatic heterocycles. The summed E-state index contributed by atoms with van der Waals surface area (Å²) in [6.07, 6.45) is -0.122. The van der Waals surface area contributed by atoms with Crippen LogP contribution in [0.5, 0.6) is 0 Å². The molecule has 0 aromatic rings. The van der Waals surface area contributed by atoms with Crippen LogP contribution in [0.4, 0.5) is 0 Å². The van der Waals surface area contributed by atoms with E-state index in [0.29, 0.717) is 12.8 Å². The van der Waals surface area contributed by atoms with Gasteiger partial charge in [0.05, 0.1) is 0 Å². The maximum atomic E-state index is 9.84. The highest BCUT2D eigenvalue weighted by atomic mass is 16.4. The van der Waals surface area contributed by atoms with Crippen LogP contribution >= 0.6 is 0 Å². The van der Waals surface area contributed by atoms with Crippen LogP contribution in [0.25, 0.3) is 0 Å². The number of carboxylic acids is 1. The zero-order valence-electron chi connectivity index (χ0n) is 4.79. The summed E-state index contributed by atoms with van der Waals surface area (Å²) < 4.78 is 0. The fourth-order valence-electron chi connectivity index (χ4n) is 0.397. The van der Waals surface area contributed by atoms with E-state index in [4.69, 9.17) is 10.2 Å². The van der Waals surface area contributed by atoms with Crippen LogP contribution in [0.15, 0.2) is 0 Å². The van der Waals surface area contributed by atoms with Gasteiger partial charge in [0, 0.05) is 0 Å². The van der Waals surface area contributed by atoms with Crippen LogP contribution in [-0.2, 0) is 4.79 Å². The van der Waals surface area contributed by atoms with Crippen molar-refractivity contribution < 1.29 is 15.0 Å². The molecule has 0 radical (unpaired) electrons. The third kappa shape index (κ3) is 2.58. The average Bonchev–Trinajstić information content (AvgIpc) is 1.67. The number of carboxylic acid groups (broad SMARTS) is 1. The number of carbonyl (C=O) groups is 1. The van der Waals surface area contributed by atoms with Gasteiger partial charge >= 0.3 is 5.97 Å². The second-order valence-electron chi connectivity index (χ2n) is 1.64. The topological polar surface area (TPSA) is 57.5 Å². The minimum atomic E-state index is -1.17. The normalized spacial score (nSPS) is 13.2. The van der Waals surface area contributed by atoms with E-state index in [0.717, 1.165) is 0 Å². The van der Waals surface area contributed by atoms with Crippen LogP contribution < -0.4 is 0 Å². The maximum Gasteiger partial charge on any atom is 0.332 e. The second kappa shape index (κ2) is 3.43. The predicted molar refractivity (Wildman–Crippen MR) is 28.6 cm³/mol. The van der Waals surface area contributed by atoms with Gasteiger partial charge in [-0.25, -0.2) is 4.79 Å². The highest BCUT2D eigenvalue weighted by molar-refractivity contribution is 5.71. The van der Waals surface area contributed by atoms with Gasteiger partial charge in [0.25, 0.3) is 0 Å². The first-order valence-corrected chi connectivity index (χ1v) is 2.59. The molecule has 0 saturated heterocycles. The van der Waals surface area contributed by atoms with E-state index in [1.54, 1.807) is 0 Å². The zero-order chi connectivity index (χ0) is 6.57. The van der Waals surface area contributed by atoms with E-state index in [9.17, 15) is 4.79 Å². The Balaban J connectivity index is 3.32. The van der Waals surface area contributed by atoms with Gasteiger partial charge in [-0.3, -0.25) is 0 Å². The molecular formula is C5H10O3. The van der Waals surface area contributed by atoms with E-state index >= 15 is 0 Å². The monoisotopic (exact) mass is 118 g/mol. The predicted octanol–water partition coefficient (Wildman–Crippen LogP) is 0.232. The van der Waals surface area contributed by atoms with Gasteiger partial charge in [0.2, 0.25) is 0 Å². The van der Waals surface area contributed by atoms with E-state index in [1.807, 2.05) is 6.92 Å². The molecule has 0 aliphatic carbocycles. The van der Waals surface area contributed by atoms with Gasteiger partial charge in [-0.2, -0.15) is 0 Å². The number of aliphatic hydroxyl groups excluding tert-OH is 1. The first-order valence-electron chi connectivity index (χ1n) is 2.59. The minimum Gasteiger partial charge on any atom is -0.479 e. The van der Waals surface area contributed by atoms with E-state index < -0.39 is 12.1 Å². The summed E-state index contributed by atoms with van der Waals surface area (Å²) in [5, 5.41) is 16.6. The Kier molecular flexibility index (Phi) is 3.19. The lowest BCUT2D eigenvalue weighted by Crippen LogP contribution is -2.18. The SMILES string of the molecule is CCC[C@@H](O)C(=O)O. The molecule has 8 heavy (non-hydrogen) atoms. The third-order valence-electron chi connectivity index (χ3n) is 0.847. The summed E-state index contributed by atoms with van der Waals surface area (Å²) >= 11 is 0. The van der Waals surface area contributed by atoms with Crippen molar-refractivity contribution in [3.8, 4) is 0 Å². The maximum absolute atomic E-state index is 9.84. The van der Waals surface area contributed by atoms with Crippen molar-refractivity contribution in [2.24, 2.45) is 0 Å². The molecule has 0 rings (SSSR count). The molecule has 0 heterocycles. The highest BCUT2D eigenvalue weighted by Gasteiger charge is 2.09. The van der Waals surface area contributed by atoms with Crippen molar-refractivity contribution in [2.45, 2.75) is 25.9 Å². The van der Waals surface area contributed by atoms with Gasteiger partial charge in [-0.15, -0.1) is 0 Å². The Hall–Kier alpha value is -0.570. The minimum absolute atomic E-state index is 0.343. The summed E-state index contributed by atoms with van der Waals surface area (Å²) in [4.78, 5) is 9.84. The number of rotatable bonds is 3. The molecule has 48 valence electrons. The first-order chi connectivity index (χ1) is 3.68. The third-order valence-corrected chi connectivity index (χ3v) is 0.847. The molecule has 0 aliphatic rings. The largest absolute Gasteiger partial charge is 0.479 e.